The number of benzene rings is 1. The van der Waals surface area contributed by atoms with Crippen LogP contribution in [0.3, 0.4) is 0 Å². The molecule has 2 aromatic heterocycles. The van der Waals surface area contributed by atoms with Crippen LogP contribution in [0.1, 0.15) is 20.8 Å². The van der Waals surface area contributed by atoms with Crippen LogP contribution in [0.5, 0.6) is 0 Å². The van der Waals surface area contributed by atoms with Crippen molar-refractivity contribution < 1.29 is 14.3 Å². The molecule has 1 aliphatic rings. The predicted molar refractivity (Wildman–Crippen MR) is 130 cm³/mol. The average molecular weight is 535 g/mol. The first-order chi connectivity index (χ1) is 15.6. The van der Waals surface area contributed by atoms with Gasteiger partial charge in [-0.25, -0.2) is 9.78 Å². The number of aromatic nitrogens is 3. The second-order valence-corrected chi connectivity index (χ2v) is 10.4. The Hall–Kier alpha value is -2.99. The van der Waals surface area contributed by atoms with E-state index in [1.165, 1.54) is 21.9 Å². The lowest BCUT2D eigenvalue weighted by molar-refractivity contribution is -0.105. The van der Waals surface area contributed by atoms with Crippen molar-refractivity contribution in [3.63, 3.8) is 0 Å². The molecular weight excluding hydrogens is 512 g/mol. The molecule has 3 aromatic rings. The van der Waals surface area contributed by atoms with Gasteiger partial charge in [0.2, 0.25) is 11.4 Å². The summed E-state index contributed by atoms with van der Waals surface area (Å²) in [6, 6.07) is 6.86. The molecular formula is C21H23BrN6O4S. The number of carbonyl (C=O) groups excluding carboxylic acids is 2. The highest BCUT2D eigenvalue weighted by Crippen LogP contribution is 2.30. The number of rotatable bonds is 4. The number of hydrogen-bond acceptors (Lipinski definition) is 8. The molecule has 0 radical (unpaired) electrons. The maximum Gasteiger partial charge on any atom is 0.410 e. The third-order valence-corrected chi connectivity index (χ3v) is 6.27. The van der Waals surface area contributed by atoms with E-state index in [0.717, 1.165) is 10.0 Å². The zero-order valence-corrected chi connectivity index (χ0v) is 20.8. The van der Waals surface area contributed by atoms with Crippen molar-refractivity contribution in [2.45, 2.75) is 26.4 Å². The first-order valence-corrected chi connectivity index (χ1v) is 11.9. The average Bonchev–Trinajstić information content (AvgIpc) is 3.17. The second-order valence-electron chi connectivity index (χ2n) is 8.50. The van der Waals surface area contributed by atoms with E-state index in [9.17, 15) is 14.4 Å². The molecule has 0 saturated carbocycles. The van der Waals surface area contributed by atoms with Crippen molar-refractivity contribution in [2.24, 2.45) is 0 Å². The van der Waals surface area contributed by atoms with Crippen molar-refractivity contribution in [3.05, 3.63) is 39.1 Å². The number of anilines is 2. The number of nitrogens with one attached hydrogen (secondary N) is 1. The molecule has 0 bridgehead atoms. The number of ether oxygens (including phenoxy) is 1. The van der Waals surface area contributed by atoms with Gasteiger partial charge in [0.05, 0.1) is 0 Å². The van der Waals surface area contributed by atoms with Crippen molar-refractivity contribution in [1.29, 1.82) is 0 Å². The highest BCUT2D eigenvalue weighted by atomic mass is 79.9. The fraction of sp³-hybridized carbons (Fsp3) is 0.381. The van der Waals surface area contributed by atoms with Gasteiger partial charge in [0.15, 0.2) is 0 Å². The lowest BCUT2D eigenvalue weighted by Gasteiger charge is -2.36. The minimum absolute atomic E-state index is 0.284. The first-order valence-electron chi connectivity index (χ1n) is 10.3. The maximum absolute atomic E-state index is 12.7. The topological polar surface area (TPSA) is 109 Å². The Morgan fingerprint density at radius 2 is 1.91 bits per heavy atom. The highest BCUT2D eigenvalue weighted by Gasteiger charge is 2.27. The van der Waals surface area contributed by atoms with Crippen LogP contribution in [0.15, 0.2) is 33.5 Å². The molecule has 0 aliphatic carbocycles. The number of piperazine rings is 1. The fourth-order valence-electron chi connectivity index (χ4n) is 3.39. The molecule has 1 aliphatic heterocycles. The van der Waals surface area contributed by atoms with E-state index < -0.39 is 5.60 Å². The molecule has 3 heterocycles. The van der Waals surface area contributed by atoms with Crippen LogP contribution in [0.25, 0.3) is 15.5 Å². The zero-order valence-electron chi connectivity index (χ0n) is 18.4. The van der Waals surface area contributed by atoms with Crippen LogP contribution in [-0.4, -0.2) is 63.8 Å². The number of fused-ring (bicyclic) bond motifs is 1. The van der Waals surface area contributed by atoms with Gasteiger partial charge < -0.3 is 19.9 Å². The number of nitrogens with zero attached hydrogens (tertiary/aromatic N) is 5. The number of hydrogen-bond donors (Lipinski definition) is 1. The molecule has 4 rings (SSSR count). The molecule has 1 fully saturated rings. The smallest absolute Gasteiger partial charge is 0.410 e. The third kappa shape index (κ3) is 5.33. The predicted octanol–water partition coefficient (Wildman–Crippen LogP) is 3.21. The molecule has 2 amide bonds. The summed E-state index contributed by atoms with van der Waals surface area (Å²) >= 11 is 4.71. The van der Waals surface area contributed by atoms with Crippen molar-refractivity contribution in [3.8, 4) is 10.6 Å². The molecule has 0 spiro atoms. The summed E-state index contributed by atoms with van der Waals surface area (Å²) in [5.41, 5.74) is 0.527. The first kappa shape index (κ1) is 23.2. The van der Waals surface area contributed by atoms with Gasteiger partial charge in [-0.2, -0.15) is 9.61 Å². The summed E-state index contributed by atoms with van der Waals surface area (Å²) in [7, 11) is 0. The van der Waals surface area contributed by atoms with Gasteiger partial charge in [0.25, 0.3) is 5.56 Å². The minimum Gasteiger partial charge on any atom is -0.444 e. The Bertz CT molecular complexity index is 1260. The lowest BCUT2D eigenvalue weighted by Crippen LogP contribution is -2.50. The van der Waals surface area contributed by atoms with Crippen molar-refractivity contribution in [2.75, 3.05) is 36.4 Å². The molecule has 174 valence electrons. The number of halogens is 1. The second kappa shape index (κ2) is 9.10. The Morgan fingerprint density at radius 1 is 1.18 bits per heavy atom. The quantitative estimate of drug-likeness (QED) is 0.511. The number of amides is 2. The number of carbonyl (C=O) groups is 2. The Morgan fingerprint density at radius 3 is 2.58 bits per heavy atom. The largest absolute Gasteiger partial charge is 0.444 e. The van der Waals surface area contributed by atoms with Gasteiger partial charge >= 0.3 is 6.09 Å². The SMILES string of the molecule is CC(C)(C)OC(=O)N1CCN(c2cc(=O)n3nc(-c4cc(Br)cc(NC=O)c4)sc3n2)CC1. The van der Waals surface area contributed by atoms with Crippen LogP contribution < -0.4 is 15.8 Å². The van der Waals surface area contributed by atoms with E-state index in [1.807, 2.05) is 31.7 Å². The summed E-state index contributed by atoms with van der Waals surface area (Å²) in [5.74, 6) is 0.552. The molecule has 0 atom stereocenters. The molecule has 12 heteroatoms. The van der Waals surface area contributed by atoms with E-state index in [1.54, 1.807) is 17.0 Å². The summed E-state index contributed by atoms with van der Waals surface area (Å²) < 4.78 is 7.48. The summed E-state index contributed by atoms with van der Waals surface area (Å²) in [6.45, 7) is 7.56. The Kier molecular flexibility index (Phi) is 6.39. The van der Waals surface area contributed by atoms with Crippen LogP contribution >= 0.6 is 27.3 Å². The van der Waals surface area contributed by atoms with Gasteiger partial charge in [-0.3, -0.25) is 9.59 Å². The Labute approximate surface area is 202 Å². The Balaban J connectivity index is 1.55. The van der Waals surface area contributed by atoms with E-state index >= 15 is 0 Å². The fourth-order valence-corrected chi connectivity index (χ4v) is 4.77. The van der Waals surface area contributed by atoms with Crippen LogP contribution in [0, 0.1) is 0 Å². The highest BCUT2D eigenvalue weighted by molar-refractivity contribution is 9.10. The van der Waals surface area contributed by atoms with Crippen LogP contribution in [0.2, 0.25) is 0 Å². The maximum atomic E-state index is 12.7. The van der Waals surface area contributed by atoms with Gasteiger partial charge in [0, 0.05) is 48.0 Å². The summed E-state index contributed by atoms with van der Waals surface area (Å²) in [4.78, 5) is 44.6. The van der Waals surface area contributed by atoms with Gasteiger partial charge in [-0.05, 0) is 39.0 Å². The van der Waals surface area contributed by atoms with E-state index in [2.05, 4.69) is 31.3 Å². The van der Waals surface area contributed by atoms with Gasteiger partial charge in [-0.15, -0.1) is 0 Å². The molecule has 0 unspecified atom stereocenters. The summed E-state index contributed by atoms with van der Waals surface area (Å²) in [5, 5.41) is 7.63. The lowest BCUT2D eigenvalue weighted by atomic mass is 10.2. The van der Waals surface area contributed by atoms with Gasteiger partial charge in [-0.1, -0.05) is 27.3 Å². The van der Waals surface area contributed by atoms with Crippen LogP contribution in [-0.2, 0) is 9.53 Å². The standard InChI is InChI=1S/C21H23BrN6O4S/c1-21(2,3)32-20(31)27-6-4-26(5-7-27)16-11-17(30)28-19(24-16)33-18(25-28)13-8-14(22)10-15(9-13)23-12-29/h8-12H,4-7H2,1-3H3,(H,23,29). The van der Waals surface area contributed by atoms with Crippen molar-refractivity contribution in [1.82, 2.24) is 19.5 Å². The molecule has 1 aromatic carbocycles. The minimum atomic E-state index is -0.544. The van der Waals surface area contributed by atoms with E-state index in [4.69, 9.17) is 4.74 Å². The monoisotopic (exact) mass is 534 g/mol. The zero-order chi connectivity index (χ0) is 23.8. The molecule has 10 nitrogen and oxygen atoms in total. The molecule has 1 N–H and O–H groups in total. The molecule has 1 saturated heterocycles. The normalized spacial score (nSPS) is 14.4. The van der Waals surface area contributed by atoms with Crippen LogP contribution in [0.4, 0.5) is 16.3 Å². The molecule has 33 heavy (non-hydrogen) atoms. The van der Waals surface area contributed by atoms with Crippen molar-refractivity contribution >= 4 is 56.2 Å². The van der Waals surface area contributed by atoms with E-state index in [-0.39, 0.29) is 11.7 Å². The third-order valence-electron chi connectivity index (χ3n) is 4.86. The van der Waals surface area contributed by atoms with Gasteiger partial charge in [0.1, 0.15) is 16.4 Å². The van der Waals surface area contributed by atoms with E-state index in [0.29, 0.717) is 54.1 Å². The summed E-state index contributed by atoms with van der Waals surface area (Å²) in [6.07, 6.45) is 0.264.